The number of aromatic nitrogens is 4. The van der Waals surface area contributed by atoms with Crippen molar-refractivity contribution in [2.24, 2.45) is 5.41 Å². The van der Waals surface area contributed by atoms with Crippen molar-refractivity contribution >= 4 is 69.4 Å². The van der Waals surface area contributed by atoms with Crippen LogP contribution in [0.1, 0.15) is 133 Å². The normalized spacial score (nSPS) is 25.0. The molecule has 4 unspecified atom stereocenters. The Balaban J connectivity index is 0.000000178. The molecule has 2 spiro atoms. The van der Waals surface area contributed by atoms with Gasteiger partial charge in [0, 0.05) is 59.6 Å². The molecule has 0 radical (unpaired) electrons. The monoisotopic (exact) mass is 1200 g/mol. The first-order chi connectivity index (χ1) is 40.6. The summed E-state index contributed by atoms with van der Waals surface area (Å²) in [5.41, 5.74) is -1.39. The third-order valence-corrected chi connectivity index (χ3v) is 20.0. The number of phenols is 1. The van der Waals surface area contributed by atoms with Crippen LogP contribution < -0.4 is 21.2 Å². The zero-order valence-electron chi connectivity index (χ0n) is 48.1. The van der Waals surface area contributed by atoms with Gasteiger partial charge < -0.3 is 30.6 Å². The van der Waals surface area contributed by atoms with Crippen molar-refractivity contribution in [2.75, 3.05) is 36.4 Å². The molecule has 6 heterocycles. The standard InChI is InChI=1S/C34H38Cl2FN3O4.C30H30F2N6O3/c1-2-40-27(28(41)39-32-16-13-31(14-17-32,15-18-32)30(43)44)25(21-7-6-8-23(36)26(21)37)34(33(40)11-4-3-5-12-33)22-10-9-20(35)19-24(22)38-29(34)42;1-6-23(40)36-12-13-37(18(5)15-36)28-19-14-21(32)26(24-20(31)8-7-9-22(24)39)34-29(19)38(30(41)35-28)27-17(4)10-11-33-25(27)16(2)3/h6-10,19,25,27H,2-5,11-18H2,1H3,(H,38,42)(H,39,41)(H,43,44);6-11,14,16,18,39H,1,12-13,15H2,2-5H3. The lowest BCUT2D eigenvalue weighted by Crippen LogP contribution is -2.63. The molecule has 6 aromatic rings. The van der Waals surface area contributed by atoms with E-state index in [0.29, 0.717) is 105 Å². The molecule has 2 saturated heterocycles. The number of phenolic OH excluding ortho intramolecular Hbond substituents is 1. The van der Waals surface area contributed by atoms with Crippen molar-refractivity contribution < 1.29 is 42.6 Å². The molecule has 446 valence electrons. The summed E-state index contributed by atoms with van der Waals surface area (Å²) in [6.45, 7) is 14.6. The van der Waals surface area contributed by atoms with Crippen LogP contribution in [0.4, 0.5) is 24.7 Å². The Morgan fingerprint density at radius 2 is 1.61 bits per heavy atom. The lowest BCUT2D eigenvalue weighted by Gasteiger charge is -2.52. The minimum atomic E-state index is -1.27. The maximum Gasteiger partial charge on any atom is 0.355 e. The molecular weight excluding hydrogens is 1130 g/mol. The van der Waals surface area contributed by atoms with Gasteiger partial charge in [-0.25, -0.2) is 27.5 Å². The third-order valence-electron chi connectivity index (χ3n) is 19.5. The van der Waals surface area contributed by atoms with Gasteiger partial charge in [0.2, 0.25) is 17.7 Å². The summed E-state index contributed by atoms with van der Waals surface area (Å²) in [6.07, 6.45) is 10.3. The second-order valence-corrected chi connectivity index (χ2v) is 25.0. The van der Waals surface area contributed by atoms with Crippen LogP contribution in [-0.4, -0.2) is 113 Å². The number of aryl methyl sites for hydroxylation is 1. The van der Waals surface area contributed by atoms with Gasteiger partial charge in [0.25, 0.3) is 0 Å². The van der Waals surface area contributed by atoms with Crippen LogP contribution in [-0.2, 0) is 24.6 Å². The van der Waals surface area contributed by atoms with Gasteiger partial charge in [-0.1, -0.05) is 94.1 Å². The lowest BCUT2D eigenvalue weighted by atomic mass is 9.55. The highest BCUT2D eigenvalue weighted by Crippen LogP contribution is 2.67. The van der Waals surface area contributed by atoms with Crippen LogP contribution in [0.5, 0.6) is 5.75 Å². The Morgan fingerprint density at radius 3 is 2.26 bits per heavy atom. The number of carboxylic acids is 1. The summed E-state index contributed by atoms with van der Waals surface area (Å²) >= 11 is 12.8. The molecule has 3 aromatic carbocycles. The van der Waals surface area contributed by atoms with E-state index in [1.807, 2.05) is 45.6 Å². The summed E-state index contributed by atoms with van der Waals surface area (Å²) in [5, 5.41) is 27.5. The largest absolute Gasteiger partial charge is 0.507 e. The Kier molecular flexibility index (Phi) is 15.7. The number of piperazine rings is 1. The van der Waals surface area contributed by atoms with Crippen LogP contribution >= 0.6 is 23.2 Å². The Hall–Kier alpha value is -7.35. The number of carboxylic acid groups (broad SMARTS) is 1. The van der Waals surface area contributed by atoms with Crippen molar-refractivity contribution in [3.05, 3.63) is 146 Å². The topological polar surface area (TPSA) is 203 Å². The molecule has 4 aliphatic carbocycles. The highest BCUT2D eigenvalue weighted by molar-refractivity contribution is 6.31. The molecule has 6 fully saturated rings. The summed E-state index contributed by atoms with van der Waals surface area (Å²) < 4.78 is 48.3. The number of hydrogen-bond donors (Lipinski definition) is 4. The van der Waals surface area contributed by atoms with Gasteiger partial charge in [-0.3, -0.25) is 29.1 Å². The predicted molar refractivity (Wildman–Crippen MR) is 319 cm³/mol. The van der Waals surface area contributed by atoms with Crippen molar-refractivity contribution in [3.63, 3.8) is 0 Å². The maximum absolute atomic E-state index is 16.3. The smallest absolute Gasteiger partial charge is 0.355 e. The fraction of sp³-hybridized carbons (Fsp3) is 0.438. The maximum atomic E-state index is 16.3. The third kappa shape index (κ3) is 9.54. The molecule has 4 saturated carbocycles. The lowest BCUT2D eigenvalue weighted by molar-refractivity contribution is -0.157. The predicted octanol–water partition coefficient (Wildman–Crippen LogP) is 11.3. The van der Waals surface area contributed by atoms with Gasteiger partial charge >= 0.3 is 11.7 Å². The minimum Gasteiger partial charge on any atom is -0.507 e. The Bertz CT molecular complexity index is 3750. The zero-order valence-corrected chi connectivity index (χ0v) is 49.6. The molecule has 4 atom stereocenters. The number of benzene rings is 3. The SMILES string of the molecule is C=CC(=O)N1CCN(c2nc(=O)n(-c3c(C)ccnc3C(C)C)c3nc(-c4c(O)cccc4F)c(F)cc23)C(C)C1.CCN1C(C(=O)NC23CCC(C(=O)O)(CC2)CC3)C(c2cccc(Cl)c2F)C2(C(=O)Nc3cc(Cl)ccc32)C12CCCCC2. The number of aromatic hydroxyl groups is 1. The fourth-order valence-electron chi connectivity index (χ4n) is 15.4. The van der Waals surface area contributed by atoms with Crippen molar-refractivity contribution in [2.45, 2.75) is 146 Å². The molecule has 3 aliphatic heterocycles. The fourth-order valence-corrected chi connectivity index (χ4v) is 15.8. The van der Waals surface area contributed by atoms with Crippen LogP contribution in [0.3, 0.4) is 0 Å². The molecule has 13 rings (SSSR count). The number of aliphatic carboxylic acids is 1. The Morgan fingerprint density at radius 1 is 0.906 bits per heavy atom. The number of likely N-dealkylation sites (tertiary alicyclic amines) is 1. The number of halogens is 5. The van der Waals surface area contributed by atoms with Crippen LogP contribution in [0.15, 0.2) is 90.4 Å². The highest BCUT2D eigenvalue weighted by Gasteiger charge is 2.75. The number of anilines is 2. The van der Waals surface area contributed by atoms with Gasteiger partial charge in [0.05, 0.1) is 38.8 Å². The van der Waals surface area contributed by atoms with Crippen molar-refractivity contribution in [1.29, 1.82) is 0 Å². The average Bonchev–Trinajstić information content (AvgIpc) is 1.51. The number of nitrogens with one attached hydrogen (secondary N) is 2. The van der Waals surface area contributed by atoms with Crippen molar-refractivity contribution in [3.8, 4) is 22.7 Å². The van der Waals surface area contributed by atoms with Crippen molar-refractivity contribution in [1.82, 2.24) is 34.6 Å². The summed E-state index contributed by atoms with van der Waals surface area (Å²) in [5.74, 6) is -5.07. The van der Waals surface area contributed by atoms with Crippen LogP contribution in [0, 0.1) is 29.8 Å². The number of nitrogens with zero attached hydrogens (tertiary/aromatic N) is 7. The zero-order chi connectivity index (χ0) is 60.7. The summed E-state index contributed by atoms with van der Waals surface area (Å²) in [4.78, 5) is 86.9. The number of carbonyl (C=O) groups is 4. The van der Waals surface area contributed by atoms with E-state index in [4.69, 9.17) is 23.2 Å². The van der Waals surface area contributed by atoms with Crippen LogP contribution in [0.2, 0.25) is 10.0 Å². The number of carbonyl (C=O) groups excluding carboxylic acids is 3. The van der Waals surface area contributed by atoms with Gasteiger partial charge in [-0.15, -0.1) is 0 Å². The quantitative estimate of drug-likeness (QED) is 0.0947. The second-order valence-electron chi connectivity index (χ2n) is 24.2. The number of pyridine rings is 2. The average molecular weight is 1200 g/mol. The van der Waals surface area contributed by atoms with Gasteiger partial charge in [-0.2, -0.15) is 4.98 Å². The molecular formula is C64H68Cl2F3N9O7. The summed E-state index contributed by atoms with van der Waals surface area (Å²) in [6, 6.07) is 15.7. The molecule has 16 nitrogen and oxygen atoms in total. The van der Waals surface area contributed by atoms with E-state index in [0.717, 1.165) is 37.0 Å². The first-order valence-corrected chi connectivity index (χ1v) is 30.0. The number of fused-ring (bicyclic) bond motifs is 7. The Labute approximate surface area is 500 Å². The first-order valence-electron chi connectivity index (χ1n) is 29.2. The highest BCUT2D eigenvalue weighted by atomic mass is 35.5. The molecule has 85 heavy (non-hydrogen) atoms. The molecule has 21 heteroatoms. The number of rotatable bonds is 10. The minimum absolute atomic E-state index is 0.0360. The van der Waals surface area contributed by atoms with E-state index in [1.54, 1.807) is 41.4 Å². The van der Waals surface area contributed by atoms with E-state index >= 15 is 8.78 Å². The van der Waals surface area contributed by atoms with Gasteiger partial charge in [-0.05, 0) is 143 Å². The molecule has 3 aromatic heterocycles. The molecule has 3 amide bonds. The number of likely N-dealkylation sites (N-methyl/N-ethyl adjacent to an activating group) is 1. The van der Waals surface area contributed by atoms with E-state index in [2.05, 4.69) is 37.1 Å². The second kappa shape index (κ2) is 22.5. The van der Waals surface area contributed by atoms with Crippen LogP contribution in [0.25, 0.3) is 28.0 Å². The van der Waals surface area contributed by atoms with E-state index in [1.165, 1.54) is 28.8 Å². The van der Waals surface area contributed by atoms with E-state index in [-0.39, 0.29) is 57.1 Å². The van der Waals surface area contributed by atoms with Gasteiger partial charge in [0.1, 0.15) is 34.3 Å². The molecule has 2 bridgehead atoms. The molecule has 7 aliphatic rings. The number of hydrogen-bond acceptors (Lipinski definition) is 11. The first kappa shape index (κ1) is 59.4. The van der Waals surface area contributed by atoms with E-state index < -0.39 is 80.0 Å². The summed E-state index contributed by atoms with van der Waals surface area (Å²) in [7, 11) is 0. The van der Waals surface area contributed by atoms with Gasteiger partial charge in [0.15, 0.2) is 11.5 Å². The molecule has 4 N–H and O–H groups in total. The van der Waals surface area contributed by atoms with E-state index in [9.17, 15) is 38.6 Å². The number of amides is 3.